The highest BCUT2D eigenvalue weighted by Crippen LogP contribution is 2.31. The molecule has 220 valence electrons. The molecule has 1 heterocycles. The zero-order chi connectivity index (χ0) is 30.1. The van der Waals surface area contributed by atoms with Crippen LogP contribution in [0, 0.1) is 18.6 Å². The van der Waals surface area contributed by atoms with Gasteiger partial charge in [0.25, 0.3) is 0 Å². The van der Waals surface area contributed by atoms with Gasteiger partial charge in [0.05, 0.1) is 18.7 Å². The van der Waals surface area contributed by atoms with E-state index in [0.717, 1.165) is 39.4 Å². The zero-order valence-corrected chi connectivity index (χ0v) is 23.3. The lowest BCUT2D eigenvalue weighted by atomic mass is 10.0. The second kappa shape index (κ2) is 14.3. The number of para-hydroxylation sites is 1. The van der Waals surface area contributed by atoms with E-state index in [2.05, 4.69) is 0 Å². The van der Waals surface area contributed by atoms with Crippen molar-refractivity contribution in [2.45, 2.75) is 45.6 Å². The second-order valence-electron chi connectivity index (χ2n) is 9.89. The number of rotatable bonds is 15. The number of benzene rings is 3. The van der Waals surface area contributed by atoms with Gasteiger partial charge in [-0.15, -0.1) is 0 Å². The summed E-state index contributed by atoms with van der Waals surface area (Å²) in [4.78, 5) is 22.7. The van der Waals surface area contributed by atoms with Crippen LogP contribution in [0.4, 0.5) is 8.78 Å². The molecule has 0 radical (unpaired) electrons. The van der Waals surface area contributed by atoms with E-state index in [4.69, 9.17) is 14.6 Å². The van der Waals surface area contributed by atoms with Crippen LogP contribution >= 0.6 is 0 Å². The van der Waals surface area contributed by atoms with Crippen molar-refractivity contribution in [3.05, 3.63) is 94.7 Å². The first-order valence-corrected chi connectivity index (χ1v) is 13.8. The molecule has 0 bridgehead atoms. The van der Waals surface area contributed by atoms with Crippen molar-refractivity contribution in [3.63, 3.8) is 0 Å². The number of unbranched alkanes of at least 4 members (excludes halogenated alkanes) is 1. The van der Waals surface area contributed by atoms with Gasteiger partial charge in [0.2, 0.25) is 5.82 Å². The first-order valence-electron chi connectivity index (χ1n) is 13.8. The van der Waals surface area contributed by atoms with Crippen LogP contribution in [0.1, 0.15) is 48.1 Å². The lowest BCUT2D eigenvalue weighted by Crippen LogP contribution is -2.10. The van der Waals surface area contributed by atoms with Crippen molar-refractivity contribution < 1.29 is 38.1 Å². The topological polar surface area (TPSA) is 98.0 Å². The van der Waals surface area contributed by atoms with Gasteiger partial charge in [-0.2, -0.15) is 4.39 Å². The number of aliphatic carboxylic acids is 2. The highest BCUT2D eigenvalue weighted by atomic mass is 19.2. The predicted octanol–water partition coefficient (Wildman–Crippen LogP) is 7.13. The Bertz CT molecular complexity index is 1580. The molecule has 4 rings (SSSR count). The number of carboxylic acids is 2. The molecule has 0 aliphatic heterocycles. The summed E-state index contributed by atoms with van der Waals surface area (Å²) >= 11 is 0. The molecule has 0 atom stereocenters. The fraction of sp³-hybridized carbons (Fsp3) is 0.273. The van der Waals surface area contributed by atoms with Gasteiger partial charge in [-0.3, -0.25) is 9.59 Å². The summed E-state index contributed by atoms with van der Waals surface area (Å²) in [6.45, 7) is 2.38. The number of halogens is 2. The maximum absolute atomic E-state index is 13.6. The summed E-state index contributed by atoms with van der Waals surface area (Å²) in [7, 11) is 0. The molecule has 3 aromatic carbocycles. The summed E-state index contributed by atoms with van der Waals surface area (Å²) < 4.78 is 39.7. The van der Waals surface area contributed by atoms with Gasteiger partial charge in [-0.1, -0.05) is 48.6 Å². The van der Waals surface area contributed by atoms with Gasteiger partial charge in [-0.05, 0) is 73.6 Å². The van der Waals surface area contributed by atoms with Crippen molar-refractivity contribution in [2.75, 3.05) is 13.2 Å². The molecule has 0 fully saturated rings. The fourth-order valence-electron chi connectivity index (χ4n) is 4.86. The lowest BCUT2D eigenvalue weighted by Gasteiger charge is -2.09. The van der Waals surface area contributed by atoms with E-state index in [1.54, 1.807) is 4.57 Å². The normalized spacial score (nSPS) is 11.3. The molecule has 0 aliphatic carbocycles. The Morgan fingerprint density at radius 2 is 1.57 bits per heavy atom. The molecule has 0 unspecified atom stereocenters. The monoisotopic (exact) mass is 577 g/mol. The molecule has 0 saturated heterocycles. The van der Waals surface area contributed by atoms with Crippen molar-refractivity contribution in [3.8, 4) is 11.5 Å². The number of ether oxygens (including phenoxy) is 2. The Labute approximate surface area is 242 Å². The highest BCUT2D eigenvalue weighted by Gasteiger charge is 2.18. The van der Waals surface area contributed by atoms with Gasteiger partial charge in [0.15, 0.2) is 11.6 Å². The summed E-state index contributed by atoms with van der Waals surface area (Å²) in [5.74, 6) is -3.13. The molecule has 0 amide bonds. The summed E-state index contributed by atoms with van der Waals surface area (Å²) in [5.41, 5.74) is 4.40. The van der Waals surface area contributed by atoms with E-state index in [-0.39, 0.29) is 25.3 Å². The van der Waals surface area contributed by atoms with E-state index in [0.29, 0.717) is 38.0 Å². The van der Waals surface area contributed by atoms with Crippen LogP contribution in [0.15, 0.2) is 60.7 Å². The summed E-state index contributed by atoms with van der Waals surface area (Å²) in [6, 6.07) is 17.2. The number of hydrogen-bond acceptors (Lipinski definition) is 4. The molecule has 4 aromatic rings. The van der Waals surface area contributed by atoms with Gasteiger partial charge in [-0.25, -0.2) is 4.39 Å². The molecule has 9 heteroatoms. The second-order valence-corrected chi connectivity index (χ2v) is 9.89. The fourth-order valence-corrected chi connectivity index (χ4v) is 4.86. The number of carbonyl (C=O) groups is 2. The van der Waals surface area contributed by atoms with E-state index in [1.165, 1.54) is 12.1 Å². The van der Waals surface area contributed by atoms with Crippen LogP contribution in [0.25, 0.3) is 23.1 Å². The van der Waals surface area contributed by atoms with E-state index in [1.807, 2.05) is 61.5 Å². The van der Waals surface area contributed by atoms with Crippen molar-refractivity contribution >= 4 is 35.0 Å². The van der Waals surface area contributed by atoms with Crippen molar-refractivity contribution in [2.24, 2.45) is 0 Å². The first kappa shape index (κ1) is 30.3. The third-order valence-corrected chi connectivity index (χ3v) is 6.93. The van der Waals surface area contributed by atoms with Gasteiger partial charge in [0, 0.05) is 17.5 Å². The maximum atomic E-state index is 13.6. The Balaban J connectivity index is 1.37. The minimum atomic E-state index is -0.985. The van der Waals surface area contributed by atoms with Crippen molar-refractivity contribution in [1.82, 2.24) is 4.57 Å². The van der Waals surface area contributed by atoms with Crippen LogP contribution in [-0.4, -0.2) is 39.9 Å². The van der Waals surface area contributed by atoms with E-state index in [9.17, 15) is 23.5 Å². The minimum Gasteiger partial charge on any atom is -0.494 e. The molecule has 1 aromatic heterocycles. The van der Waals surface area contributed by atoms with Crippen LogP contribution < -0.4 is 9.47 Å². The molecule has 0 aliphatic rings. The van der Waals surface area contributed by atoms with Gasteiger partial charge in [0.1, 0.15) is 12.3 Å². The Morgan fingerprint density at radius 1 is 0.857 bits per heavy atom. The molecular weight excluding hydrogens is 544 g/mol. The minimum absolute atomic E-state index is 0.0521. The molecule has 0 saturated carbocycles. The summed E-state index contributed by atoms with van der Waals surface area (Å²) in [6.07, 6.45) is 6.25. The highest BCUT2D eigenvalue weighted by molar-refractivity contribution is 5.95. The van der Waals surface area contributed by atoms with Gasteiger partial charge >= 0.3 is 11.9 Å². The SMILES string of the molecule is Cc1c(CCCC(=O)O)c2cccc(/C=C/c3ccc(OCCCCOc4cccc(F)c4F)cc3)c2n1CC(=O)O. The van der Waals surface area contributed by atoms with Crippen LogP contribution in [0.5, 0.6) is 11.5 Å². The zero-order valence-electron chi connectivity index (χ0n) is 23.3. The average molecular weight is 578 g/mol. The average Bonchev–Trinajstić information content (AvgIpc) is 3.22. The van der Waals surface area contributed by atoms with E-state index < -0.39 is 23.6 Å². The standard InChI is InChI=1S/C33H33F2NO6/c1-22-26(8-5-12-30(37)38)27-9-4-7-24(33(27)36(22)21-31(39)40)16-13-23-14-17-25(18-15-23)41-19-2-3-20-42-29-11-6-10-28(34)32(29)35/h4,6-7,9-11,13-18H,2-3,5,8,12,19-21H2,1H3,(H,37,38)(H,39,40)/b16-13+. The van der Waals surface area contributed by atoms with Crippen LogP contribution in [-0.2, 0) is 22.6 Å². The van der Waals surface area contributed by atoms with Gasteiger partial charge < -0.3 is 24.3 Å². The third-order valence-electron chi connectivity index (χ3n) is 6.93. The number of nitrogens with zero attached hydrogens (tertiary/aromatic N) is 1. The predicted molar refractivity (Wildman–Crippen MR) is 157 cm³/mol. The molecule has 0 spiro atoms. The molecule has 2 N–H and O–H groups in total. The Hall–Kier alpha value is -4.66. The number of aromatic nitrogens is 1. The number of hydrogen-bond donors (Lipinski definition) is 2. The summed E-state index contributed by atoms with van der Waals surface area (Å²) in [5, 5.41) is 19.5. The number of fused-ring (bicyclic) bond motifs is 1. The van der Waals surface area contributed by atoms with Crippen LogP contribution in [0.3, 0.4) is 0 Å². The number of carboxylic acid groups (broad SMARTS) is 2. The number of aryl methyl sites for hydroxylation is 1. The largest absolute Gasteiger partial charge is 0.494 e. The Kier molecular flexibility index (Phi) is 10.3. The molecular formula is C33H33F2NO6. The van der Waals surface area contributed by atoms with E-state index >= 15 is 0 Å². The first-order chi connectivity index (χ1) is 20.2. The van der Waals surface area contributed by atoms with Crippen molar-refractivity contribution in [1.29, 1.82) is 0 Å². The molecule has 7 nitrogen and oxygen atoms in total. The quantitative estimate of drug-likeness (QED) is 0.115. The third kappa shape index (κ3) is 7.75. The van der Waals surface area contributed by atoms with Crippen LogP contribution in [0.2, 0.25) is 0 Å². The lowest BCUT2D eigenvalue weighted by molar-refractivity contribution is -0.138. The molecule has 42 heavy (non-hydrogen) atoms. The smallest absolute Gasteiger partial charge is 0.323 e. The Morgan fingerprint density at radius 3 is 2.29 bits per heavy atom. The maximum Gasteiger partial charge on any atom is 0.323 e.